The van der Waals surface area contributed by atoms with E-state index < -0.39 is 0 Å². The van der Waals surface area contributed by atoms with E-state index in [1.54, 1.807) is 0 Å². The van der Waals surface area contributed by atoms with E-state index in [0.29, 0.717) is 11.8 Å². The molecule has 0 rings (SSSR count). The van der Waals surface area contributed by atoms with Crippen molar-refractivity contribution < 1.29 is 5.11 Å². The average Bonchev–Trinajstić information content (AvgIpc) is 2.15. The summed E-state index contributed by atoms with van der Waals surface area (Å²) in [4.78, 5) is 0. The van der Waals surface area contributed by atoms with Crippen molar-refractivity contribution in [2.75, 3.05) is 6.16 Å². The van der Waals surface area contributed by atoms with Crippen molar-refractivity contribution in [3.8, 4) is 0 Å². The zero-order valence-corrected chi connectivity index (χ0v) is 12.0. The Morgan fingerprint density at radius 3 is 2.07 bits per heavy atom. The van der Waals surface area contributed by atoms with Crippen LogP contribution in [0.4, 0.5) is 0 Å². The van der Waals surface area contributed by atoms with Crippen LogP contribution < -0.4 is 0 Å². The molecule has 0 aliphatic rings. The van der Waals surface area contributed by atoms with Crippen molar-refractivity contribution >= 4 is 9.24 Å². The number of hydrogen-bond acceptors (Lipinski definition) is 1. The normalized spacial score (nSPS) is 16.0. The molecular weight excluding hydrogens is 203 g/mol. The highest BCUT2D eigenvalue weighted by Gasteiger charge is 2.16. The average molecular weight is 232 g/mol. The molecule has 2 heteroatoms. The van der Waals surface area contributed by atoms with Crippen LogP contribution in [-0.4, -0.2) is 17.4 Å². The van der Waals surface area contributed by atoms with Gasteiger partial charge in [0.2, 0.25) is 0 Å². The molecule has 0 aromatic rings. The quantitative estimate of drug-likeness (QED) is 0.632. The van der Waals surface area contributed by atoms with Gasteiger partial charge in [-0.3, -0.25) is 0 Å². The largest absolute Gasteiger partial charge is 0.393 e. The first kappa shape index (κ1) is 15.4. The van der Waals surface area contributed by atoms with Gasteiger partial charge >= 0.3 is 0 Å². The summed E-state index contributed by atoms with van der Waals surface area (Å²) in [7, 11) is 2.63. The Labute approximate surface area is 98.2 Å². The van der Waals surface area contributed by atoms with Crippen LogP contribution in [-0.2, 0) is 0 Å². The molecule has 92 valence electrons. The van der Waals surface area contributed by atoms with Gasteiger partial charge in [0.25, 0.3) is 0 Å². The zero-order valence-electron chi connectivity index (χ0n) is 10.9. The van der Waals surface area contributed by atoms with Gasteiger partial charge in [0.1, 0.15) is 0 Å². The Kier molecular flexibility index (Phi) is 8.75. The lowest BCUT2D eigenvalue weighted by Gasteiger charge is -2.23. The van der Waals surface area contributed by atoms with Crippen LogP contribution >= 0.6 is 9.24 Å². The standard InChI is InChI=1S/C13H29OP/c1-10(2)6-5-7-12(11(3)4)8-13(14)9-15/h10-14H,5-9,15H2,1-4H3. The first-order valence-corrected chi connectivity index (χ1v) is 7.17. The van der Waals surface area contributed by atoms with E-state index in [-0.39, 0.29) is 6.10 Å². The number of aliphatic hydroxyl groups excluding tert-OH is 1. The van der Waals surface area contributed by atoms with E-state index in [0.717, 1.165) is 18.5 Å². The van der Waals surface area contributed by atoms with Crippen LogP contribution in [0.1, 0.15) is 53.4 Å². The second-order valence-corrected chi connectivity index (χ2v) is 5.93. The minimum atomic E-state index is -0.124. The minimum absolute atomic E-state index is 0.124. The molecule has 0 amide bonds. The van der Waals surface area contributed by atoms with Crippen LogP contribution in [0.3, 0.4) is 0 Å². The second-order valence-electron chi connectivity index (χ2n) is 5.45. The van der Waals surface area contributed by atoms with Gasteiger partial charge in [0.15, 0.2) is 0 Å². The van der Waals surface area contributed by atoms with Gasteiger partial charge in [-0.2, -0.15) is 0 Å². The lowest BCUT2D eigenvalue weighted by Crippen LogP contribution is -2.19. The topological polar surface area (TPSA) is 20.2 Å². The van der Waals surface area contributed by atoms with Gasteiger partial charge < -0.3 is 5.11 Å². The Balaban J connectivity index is 3.83. The van der Waals surface area contributed by atoms with Crippen LogP contribution in [0, 0.1) is 17.8 Å². The fourth-order valence-electron chi connectivity index (χ4n) is 1.96. The molecule has 0 saturated carbocycles. The zero-order chi connectivity index (χ0) is 11.8. The molecule has 0 bridgehead atoms. The molecule has 0 aromatic carbocycles. The van der Waals surface area contributed by atoms with E-state index in [1.807, 2.05) is 0 Å². The summed E-state index contributed by atoms with van der Waals surface area (Å²) in [6.45, 7) is 9.11. The van der Waals surface area contributed by atoms with E-state index in [2.05, 4.69) is 36.9 Å². The smallest absolute Gasteiger partial charge is 0.0577 e. The SMILES string of the molecule is CC(C)CCCC(CC(O)CP)C(C)C. The second kappa shape index (κ2) is 8.53. The number of hydrogen-bond donors (Lipinski definition) is 1. The van der Waals surface area contributed by atoms with Crippen LogP contribution in [0.2, 0.25) is 0 Å². The third kappa shape index (κ3) is 8.22. The lowest BCUT2D eigenvalue weighted by molar-refractivity contribution is 0.143. The highest BCUT2D eigenvalue weighted by atomic mass is 31.0. The molecule has 3 atom stereocenters. The third-order valence-electron chi connectivity index (χ3n) is 3.15. The fraction of sp³-hybridized carbons (Fsp3) is 1.00. The summed E-state index contributed by atoms with van der Waals surface area (Å²) in [5, 5.41) is 9.66. The van der Waals surface area contributed by atoms with Crippen molar-refractivity contribution in [3.63, 3.8) is 0 Å². The highest BCUT2D eigenvalue weighted by molar-refractivity contribution is 7.16. The molecule has 1 N–H and O–H groups in total. The Bertz CT molecular complexity index is 145. The summed E-state index contributed by atoms with van der Waals surface area (Å²) >= 11 is 0. The predicted molar refractivity (Wildman–Crippen MR) is 72.2 cm³/mol. The van der Waals surface area contributed by atoms with Crippen molar-refractivity contribution in [1.29, 1.82) is 0 Å². The third-order valence-corrected chi connectivity index (χ3v) is 3.69. The van der Waals surface area contributed by atoms with Crippen molar-refractivity contribution in [1.82, 2.24) is 0 Å². The molecule has 0 spiro atoms. The van der Waals surface area contributed by atoms with Gasteiger partial charge in [0, 0.05) is 0 Å². The molecule has 0 radical (unpaired) electrons. The summed E-state index contributed by atoms with van der Waals surface area (Å²) in [6, 6.07) is 0. The maximum absolute atomic E-state index is 9.66. The highest BCUT2D eigenvalue weighted by Crippen LogP contribution is 2.25. The van der Waals surface area contributed by atoms with Crippen molar-refractivity contribution in [2.45, 2.75) is 59.5 Å². The Morgan fingerprint density at radius 1 is 1.07 bits per heavy atom. The van der Waals surface area contributed by atoms with Crippen LogP contribution in [0.25, 0.3) is 0 Å². The molecule has 3 unspecified atom stereocenters. The summed E-state index contributed by atoms with van der Waals surface area (Å²) in [5.41, 5.74) is 0. The molecule has 0 aliphatic heterocycles. The number of rotatable bonds is 8. The van der Waals surface area contributed by atoms with Gasteiger partial charge in [-0.15, -0.1) is 9.24 Å². The summed E-state index contributed by atoms with van der Waals surface area (Å²) in [5.74, 6) is 2.20. The maximum atomic E-state index is 9.66. The summed E-state index contributed by atoms with van der Waals surface area (Å²) < 4.78 is 0. The maximum Gasteiger partial charge on any atom is 0.0577 e. The molecule has 0 aromatic heterocycles. The first-order valence-electron chi connectivity index (χ1n) is 6.35. The van der Waals surface area contributed by atoms with E-state index in [9.17, 15) is 5.11 Å². The minimum Gasteiger partial charge on any atom is -0.393 e. The molecular formula is C13H29OP. The molecule has 0 aliphatic carbocycles. The molecule has 0 fully saturated rings. The van der Waals surface area contributed by atoms with E-state index in [4.69, 9.17) is 0 Å². The van der Waals surface area contributed by atoms with Crippen molar-refractivity contribution in [3.05, 3.63) is 0 Å². The molecule has 0 saturated heterocycles. The van der Waals surface area contributed by atoms with E-state index >= 15 is 0 Å². The van der Waals surface area contributed by atoms with Gasteiger partial charge in [-0.05, 0) is 30.3 Å². The fourth-order valence-corrected chi connectivity index (χ4v) is 2.15. The molecule has 0 heterocycles. The van der Waals surface area contributed by atoms with Gasteiger partial charge in [0.05, 0.1) is 6.10 Å². The van der Waals surface area contributed by atoms with Gasteiger partial charge in [-0.1, -0.05) is 47.0 Å². The monoisotopic (exact) mass is 232 g/mol. The van der Waals surface area contributed by atoms with E-state index in [1.165, 1.54) is 19.3 Å². The van der Waals surface area contributed by atoms with Crippen molar-refractivity contribution in [2.24, 2.45) is 17.8 Å². The van der Waals surface area contributed by atoms with Gasteiger partial charge in [-0.25, -0.2) is 0 Å². The Hall–Kier alpha value is 0.390. The Morgan fingerprint density at radius 2 is 1.67 bits per heavy atom. The lowest BCUT2D eigenvalue weighted by atomic mass is 9.85. The molecule has 15 heavy (non-hydrogen) atoms. The first-order chi connectivity index (χ1) is 6.97. The number of aliphatic hydroxyl groups is 1. The van der Waals surface area contributed by atoms with Crippen LogP contribution in [0.5, 0.6) is 0 Å². The predicted octanol–water partition coefficient (Wildman–Crippen LogP) is 3.71. The van der Waals surface area contributed by atoms with Crippen LogP contribution in [0.15, 0.2) is 0 Å². The molecule has 1 nitrogen and oxygen atoms in total. The summed E-state index contributed by atoms with van der Waals surface area (Å²) in [6.07, 6.45) is 5.57.